The van der Waals surface area contributed by atoms with E-state index >= 15 is 0 Å². The van der Waals surface area contributed by atoms with Gasteiger partial charge >= 0.3 is 11.9 Å². The Morgan fingerprint density at radius 2 is 1.62 bits per heavy atom. The number of amides is 3. The molecule has 0 fully saturated rings. The molecule has 1 heterocycles. The van der Waals surface area contributed by atoms with Gasteiger partial charge in [-0.15, -0.1) is 0 Å². The van der Waals surface area contributed by atoms with Gasteiger partial charge in [-0.2, -0.15) is 12.6 Å². The van der Waals surface area contributed by atoms with Crippen molar-refractivity contribution in [3.05, 3.63) is 18.2 Å². The molecule has 1 aromatic heterocycles. The van der Waals surface area contributed by atoms with E-state index in [2.05, 4.69) is 38.5 Å². The normalized spacial score (nSPS) is 14.5. The van der Waals surface area contributed by atoms with Crippen molar-refractivity contribution in [2.24, 2.45) is 11.7 Å². The number of aliphatic carboxylic acids is 2. The van der Waals surface area contributed by atoms with Gasteiger partial charge in [-0.05, 0) is 18.8 Å². The number of thiol groups is 1. The molecule has 0 spiro atoms. The third-order valence-electron chi connectivity index (χ3n) is 4.75. The molecule has 1 aromatic rings. The number of rotatable bonds is 15. The Hall–Kier alpha value is -3.13. The zero-order valence-electron chi connectivity index (χ0n) is 19.0. The van der Waals surface area contributed by atoms with Crippen molar-refractivity contribution in [2.45, 2.75) is 63.7 Å². The summed E-state index contributed by atoms with van der Waals surface area (Å²) >= 11 is 3.93. The average molecular weight is 501 g/mol. The number of carboxylic acids is 2. The van der Waals surface area contributed by atoms with E-state index in [1.54, 1.807) is 13.8 Å². The molecule has 0 bridgehead atoms. The number of carboxylic acid groups (broad SMARTS) is 2. The molecule has 0 aliphatic heterocycles. The number of carbonyl (C=O) groups excluding carboxylic acids is 3. The van der Waals surface area contributed by atoms with Gasteiger partial charge in [0.05, 0.1) is 12.4 Å². The quantitative estimate of drug-likeness (QED) is 0.133. The van der Waals surface area contributed by atoms with Crippen LogP contribution in [-0.4, -0.2) is 79.8 Å². The fraction of sp³-hybridized carbons (Fsp3) is 0.600. The Morgan fingerprint density at radius 3 is 2.12 bits per heavy atom. The molecule has 0 aliphatic rings. The number of nitrogens with two attached hydrogens (primary N) is 1. The van der Waals surface area contributed by atoms with E-state index in [4.69, 9.17) is 10.8 Å². The third-order valence-corrected chi connectivity index (χ3v) is 5.14. The van der Waals surface area contributed by atoms with Crippen LogP contribution in [-0.2, 0) is 30.4 Å². The number of aromatic amines is 1. The lowest BCUT2D eigenvalue weighted by Crippen LogP contribution is -2.58. The number of hydrogen-bond donors (Lipinski definition) is 8. The first-order valence-corrected chi connectivity index (χ1v) is 11.3. The van der Waals surface area contributed by atoms with Gasteiger partial charge in [-0.3, -0.25) is 19.2 Å². The average Bonchev–Trinajstić information content (AvgIpc) is 3.27. The van der Waals surface area contributed by atoms with Crippen LogP contribution in [0.2, 0.25) is 0 Å². The van der Waals surface area contributed by atoms with Gasteiger partial charge in [0.25, 0.3) is 0 Å². The maximum Gasteiger partial charge on any atom is 0.326 e. The van der Waals surface area contributed by atoms with Gasteiger partial charge in [0.2, 0.25) is 17.7 Å². The zero-order chi connectivity index (χ0) is 25.8. The Balaban J connectivity index is 3.07. The van der Waals surface area contributed by atoms with Crippen LogP contribution in [0.5, 0.6) is 0 Å². The number of H-pyrrole nitrogens is 1. The molecule has 0 radical (unpaired) electrons. The van der Waals surface area contributed by atoms with Crippen molar-refractivity contribution in [1.29, 1.82) is 0 Å². The van der Waals surface area contributed by atoms with Gasteiger partial charge in [0.1, 0.15) is 18.1 Å². The van der Waals surface area contributed by atoms with Crippen LogP contribution in [0.25, 0.3) is 0 Å². The van der Waals surface area contributed by atoms with Crippen molar-refractivity contribution < 1.29 is 34.2 Å². The van der Waals surface area contributed by atoms with Crippen molar-refractivity contribution in [3.8, 4) is 0 Å². The number of imidazole rings is 1. The molecule has 1 rings (SSSR count). The second-order valence-electron chi connectivity index (χ2n) is 8.15. The Labute approximate surface area is 202 Å². The second-order valence-corrected chi connectivity index (χ2v) is 8.52. The maximum atomic E-state index is 12.9. The molecule has 0 saturated heterocycles. The van der Waals surface area contributed by atoms with Crippen molar-refractivity contribution in [3.63, 3.8) is 0 Å². The minimum Gasteiger partial charge on any atom is -0.481 e. The van der Waals surface area contributed by atoms with Crippen LogP contribution in [0.1, 0.15) is 38.8 Å². The predicted octanol–water partition coefficient (Wildman–Crippen LogP) is -1.34. The number of carbonyl (C=O) groups is 5. The maximum absolute atomic E-state index is 12.9. The summed E-state index contributed by atoms with van der Waals surface area (Å²) < 4.78 is 0. The molecule has 3 amide bonds. The van der Waals surface area contributed by atoms with E-state index in [0.29, 0.717) is 5.69 Å². The first kappa shape index (κ1) is 28.9. The molecule has 14 heteroatoms. The lowest BCUT2D eigenvalue weighted by molar-refractivity contribution is -0.142. The summed E-state index contributed by atoms with van der Waals surface area (Å²) in [6.45, 7) is 3.61. The molecule has 0 aliphatic carbocycles. The summed E-state index contributed by atoms with van der Waals surface area (Å²) in [5.74, 6) is -4.72. The fourth-order valence-corrected chi connectivity index (χ4v) is 3.13. The number of hydrogen-bond acceptors (Lipinski definition) is 8. The van der Waals surface area contributed by atoms with Crippen LogP contribution in [0, 0.1) is 5.92 Å². The van der Waals surface area contributed by atoms with Gasteiger partial charge in [-0.1, -0.05) is 13.8 Å². The molecule has 190 valence electrons. The topological polar surface area (TPSA) is 217 Å². The van der Waals surface area contributed by atoms with Gasteiger partial charge in [0.15, 0.2) is 0 Å². The number of nitrogens with zero attached hydrogens (tertiary/aromatic N) is 1. The predicted molar refractivity (Wildman–Crippen MR) is 124 cm³/mol. The summed E-state index contributed by atoms with van der Waals surface area (Å²) in [4.78, 5) is 67.3. The highest BCUT2D eigenvalue weighted by atomic mass is 32.1. The number of nitrogens with one attached hydrogen (secondary N) is 4. The van der Waals surface area contributed by atoms with E-state index in [-0.39, 0.29) is 30.9 Å². The Kier molecular flexibility index (Phi) is 12.1. The van der Waals surface area contributed by atoms with E-state index in [1.165, 1.54) is 12.5 Å². The minimum atomic E-state index is -1.29. The summed E-state index contributed by atoms with van der Waals surface area (Å²) in [5, 5.41) is 25.7. The van der Waals surface area contributed by atoms with Crippen molar-refractivity contribution >= 4 is 42.3 Å². The number of aromatic nitrogens is 2. The van der Waals surface area contributed by atoms with E-state index < -0.39 is 60.2 Å². The SMILES string of the molecule is CC(C)CC(NC(=O)C(Cc1cnc[nH]1)NC(=O)C(CCC(=O)O)NC(=O)C(N)CS)C(=O)O. The van der Waals surface area contributed by atoms with E-state index in [0.717, 1.165) is 0 Å². The fourth-order valence-electron chi connectivity index (χ4n) is 2.96. The molecular weight excluding hydrogens is 468 g/mol. The smallest absolute Gasteiger partial charge is 0.326 e. The van der Waals surface area contributed by atoms with Crippen LogP contribution in [0.15, 0.2) is 12.5 Å². The van der Waals surface area contributed by atoms with E-state index in [9.17, 15) is 29.1 Å². The molecule has 0 aromatic carbocycles. The second kappa shape index (κ2) is 14.2. The Bertz CT molecular complexity index is 848. The van der Waals surface area contributed by atoms with Crippen LogP contribution in [0.3, 0.4) is 0 Å². The molecule has 34 heavy (non-hydrogen) atoms. The minimum absolute atomic E-state index is 0.00359. The van der Waals surface area contributed by atoms with Crippen molar-refractivity contribution in [2.75, 3.05) is 5.75 Å². The highest BCUT2D eigenvalue weighted by Crippen LogP contribution is 2.08. The van der Waals surface area contributed by atoms with Crippen LogP contribution < -0.4 is 21.7 Å². The summed E-state index contributed by atoms with van der Waals surface area (Å²) in [6.07, 6.45) is 2.24. The highest BCUT2D eigenvalue weighted by molar-refractivity contribution is 7.80. The molecule has 0 saturated carbocycles. The van der Waals surface area contributed by atoms with Gasteiger partial charge in [-0.25, -0.2) is 9.78 Å². The molecule has 8 N–H and O–H groups in total. The monoisotopic (exact) mass is 500 g/mol. The summed E-state index contributed by atoms with van der Waals surface area (Å²) in [6, 6.07) is -4.73. The molecular formula is C20H32N6O7S. The van der Waals surface area contributed by atoms with Crippen molar-refractivity contribution in [1.82, 2.24) is 25.9 Å². The van der Waals surface area contributed by atoms with Crippen LogP contribution >= 0.6 is 12.6 Å². The lowest BCUT2D eigenvalue weighted by atomic mass is 10.0. The standard InChI is InChI=1S/C20H32N6O7S/c1-10(2)5-15(20(32)33)26-19(31)14(6-11-7-22-9-23-11)25-18(30)13(3-4-16(27)28)24-17(29)12(21)8-34/h7,9-10,12-15,34H,3-6,8,21H2,1-2H3,(H,22,23)(H,24,29)(H,25,30)(H,26,31)(H,27,28)(H,32,33). The molecule has 13 nitrogen and oxygen atoms in total. The van der Waals surface area contributed by atoms with Gasteiger partial charge < -0.3 is 36.9 Å². The largest absolute Gasteiger partial charge is 0.481 e. The first-order valence-electron chi connectivity index (χ1n) is 10.6. The molecule has 4 unspecified atom stereocenters. The first-order chi connectivity index (χ1) is 15.9. The summed E-state index contributed by atoms with van der Waals surface area (Å²) in [7, 11) is 0. The highest BCUT2D eigenvalue weighted by Gasteiger charge is 2.31. The van der Waals surface area contributed by atoms with Gasteiger partial charge in [0, 0.05) is 30.5 Å². The zero-order valence-corrected chi connectivity index (χ0v) is 19.9. The summed E-state index contributed by atoms with van der Waals surface area (Å²) in [5.41, 5.74) is 6.10. The van der Waals surface area contributed by atoms with E-state index in [1.807, 2.05) is 0 Å². The van der Waals surface area contributed by atoms with Crippen LogP contribution in [0.4, 0.5) is 0 Å². The lowest BCUT2D eigenvalue weighted by Gasteiger charge is -2.25. The third kappa shape index (κ3) is 10.2. The Morgan fingerprint density at radius 1 is 1.03 bits per heavy atom. The molecule has 4 atom stereocenters.